The van der Waals surface area contributed by atoms with Crippen molar-refractivity contribution in [2.45, 2.75) is 73.0 Å². The Morgan fingerprint density at radius 2 is 1.40 bits per heavy atom. The molecule has 42 heavy (non-hydrogen) atoms. The summed E-state index contributed by atoms with van der Waals surface area (Å²) in [7, 11) is -1.50. The van der Waals surface area contributed by atoms with E-state index in [-0.39, 0.29) is 43.5 Å². The number of carbonyl (C=O) groups is 1. The number of allylic oxidation sites excluding steroid dienone is 2. The van der Waals surface area contributed by atoms with Gasteiger partial charge in [0.15, 0.2) is 5.78 Å². The van der Waals surface area contributed by atoms with Crippen LogP contribution in [0.15, 0.2) is 84.9 Å². The number of nitrogens with zero attached hydrogens (tertiary/aromatic N) is 2. The van der Waals surface area contributed by atoms with Crippen LogP contribution in [0.25, 0.3) is 33.3 Å². The van der Waals surface area contributed by atoms with Gasteiger partial charge in [-0.05, 0) is 37.3 Å². The average Bonchev–Trinajstić information content (AvgIpc) is 2.98. The molecule has 0 spiro atoms. The molecule has 1 radical (unpaired) electrons. The van der Waals surface area contributed by atoms with Crippen molar-refractivity contribution in [1.82, 2.24) is 9.97 Å². The first kappa shape index (κ1) is 35.3. The van der Waals surface area contributed by atoms with Gasteiger partial charge in [0.05, 0.1) is 19.5 Å². The Labute approximate surface area is 267 Å². The van der Waals surface area contributed by atoms with Gasteiger partial charge in [-0.3, -0.25) is 9.78 Å². The Hall–Kier alpha value is -2.92. The van der Waals surface area contributed by atoms with Gasteiger partial charge in [0, 0.05) is 43.7 Å². The second kappa shape index (κ2) is 16.6. The molecular formula is C36H45IrN2O2Si-. The third-order valence-electron chi connectivity index (χ3n) is 7.68. The van der Waals surface area contributed by atoms with Gasteiger partial charge in [-0.15, -0.1) is 28.8 Å². The number of ketones is 1. The summed E-state index contributed by atoms with van der Waals surface area (Å²) in [5.41, 5.74) is 4.00. The summed E-state index contributed by atoms with van der Waals surface area (Å²) in [5, 5.41) is 13.7. The number of hydrogen-bond donors (Lipinski definition) is 1. The number of aromatic nitrogens is 2. The van der Waals surface area contributed by atoms with Gasteiger partial charge in [0.1, 0.15) is 6.33 Å². The molecule has 1 aromatic heterocycles. The molecule has 0 amide bonds. The second-order valence-electron chi connectivity index (χ2n) is 11.5. The molecule has 0 atom stereocenters. The van der Waals surface area contributed by atoms with Gasteiger partial charge < -0.3 is 5.11 Å². The molecule has 0 bridgehead atoms. The summed E-state index contributed by atoms with van der Waals surface area (Å²) in [4.78, 5) is 20.7. The molecule has 0 saturated heterocycles. The maximum Gasteiger partial charge on any atom is 0.162 e. The molecular weight excluding hydrogens is 713 g/mol. The number of benzene rings is 3. The molecule has 0 aliphatic carbocycles. The van der Waals surface area contributed by atoms with Crippen molar-refractivity contribution in [3.8, 4) is 22.5 Å². The third-order valence-corrected chi connectivity index (χ3v) is 9.71. The first-order chi connectivity index (χ1) is 19.6. The van der Waals surface area contributed by atoms with Crippen LogP contribution in [0.3, 0.4) is 0 Å². The number of fused-ring (bicyclic) bond motifs is 1. The topological polar surface area (TPSA) is 63.1 Å². The Bertz CT molecular complexity index is 1460. The molecule has 225 valence electrons. The first-order valence-electron chi connectivity index (χ1n) is 14.9. The number of rotatable bonds is 10. The van der Waals surface area contributed by atoms with E-state index in [1.54, 1.807) is 6.33 Å². The van der Waals surface area contributed by atoms with Crippen LogP contribution in [0.4, 0.5) is 0 Å². The van der Waals surface area contributed by atoms with Crippen LogP contribution >= 0.6 is 0 Å². The maximum absolute atomic E-state index is 11.7. The number of aliphatic hydroxyl groups is 1. The van der Waals surface area contributed by atoms with E-state index in [2.05, 4.69) is 84.2 Å². The van der Waals surface area contributed by atoms with E-state index >= 15 is 0 Å². The monoisotopic (exact) mass is 758 g/mol. The summed E-state index contributed by atoms with van der Waals surface area (Å²) < 4.78 is 0. The largest absolute Gasteiger partial charge is 0.512 e. The van der Waals surface area contributed by atoms with Crippen LogP contribution in [-0.2, 0) is 24.9 Å². The van der Waals surface area contributed by atoms with E-state index in [4.69, 9.17) is 0 Å². The fraction of sp³-hybridized carbons (Fsp3) is 0.361. The van der Waals surface area contributed by atoms with Crippen molar-refractivity contribution >= 4 is 29.8 Å². The summed E-state index contributed by atoms with van der Waals surface area (Å²) >= 11 is 0. The Kier molecular flexibility index (Phi) is 14.0. The Morgan fingerprint density at radius 3 is 2.00 bits per heavy atom. The van der Waals surface area contributed by atoms with E-state index in [1.807, 2.05) is 45.9 Å². The molecule has 6 heteroatoms. The van der Waals surface area contributed by atoms with Gasteiger partial charge in [-0.1, -0.05) is 107 Å². The van der Waals surface area contributed by atoms with Crippen LogP contribution in [0.2, 0.25) is 19.6 Å². The molecule has 0 aliphatic heterocycles. The summed E-state index contributed by atoms with van der Waals surface area (Å²) in [6.45, 7) is 15.2. The third kappa shape index (κ3) is 9.29. The average molecular weight is 758 g/mol. The smallest absolute Gasteiger partial charge is 0.162 e. The van der Waals surface area contributed by atoms with E-state index in [9.17, 15) is 9.90 Å². The standard InChI is InChI=1S/C23H21N2Si.C13H24O2.Ir/c1-26(2,3)23-14-19(13-18-11-7-8-12-20(18)23)22-15-21(24-16-25-22)17-9-5-4-6-10-17;1-5-10(6-2)12(14)9-13(15)11(7-3)8-4;/h4-12,14-16H,1-3H3;9-11,14H,5-8H2,1-4H3;/q-1;;/b;12-9-;. The zero-order chi connectivity index (χ0) is 30.0. The Balaban J connectivity index is 0.000000334. The minimum absolute atomic E-state index is 0. The molecule has 0 unspecified atom stereocenters. The van der Waals surface area contributed by atoms with Gasteiger partial charge >= 0.3 is 0 Å². The zero-order valence-electron chi connectivity index (χ0n) is 26.1. The molecule has 0 saturated carbocycles. The van der Waals surface area contributed by atoms with Crippen LogP contribution in [-0.4, -0.2) is 28.9 Å². The van der Waals surface area contributed by atoms with E-state index in [0.29, 0.717) is 0 Å². The molecule has 3 aromatic carbocycles. The molecule has 4 rings (SSSR count). The fourth-order valence-electron chi connectivity index (χ4n) is 5.04. The van der Waals surface area contributed by atoms with Crippen molar-refractivity contribution in [3.05, 3.63) is 91.0 Å². The van der Waals surface area contributed by atoms with Crippen LogP contribution in [0.1, 0.15) is 53.4 Å². The normalized spacial score (nSPS) is 11.7. The predicted octanol–water partition coefficient (Wildman–Crippen LogP) is 9.18. The van der Waals surface area contributed by atoms with Crippen LogP contribution in [0.5, 0.6) is 0 Å². The van der Waals surface area contributed by atoms with Gasteiger partial charge in [-0.25, -0.2) is 4.98 Å². The molecule has 1 N–H and O–H groups in total. The van der Waals surface area contributed by atoms with Gasteiger partial charge in [-0.2, -0.15) is 0 Å². The van der Waals surface area contributed by atoms with Crippen molar-refractivity contribution in [3.63, 3.8) is 0 Å². The van der Waals surface area contributed by atoms with E-state index < -0.39 is 8.07 Å². The minimum atomic E-state index is -1.50. The van der Waals surface area contributed by atoms with E-state index in [0.717, 1.165) is 53.6 Å². The molecule has 4 nitrogen and oxygen atoms in total. The van der Waals surface area contributed by atoms with Gasteiger partial charge in [0.25, 0.3) is 0 Å². The van der Waals surface area contributed by atoms with E-state index in [1.165, 1.54) is 16.6 Å². The number of hydrogen-bond acceptors (Lipinski definition) is 4. The van der Waals surface area contributed by atoms with Crippen LogP contribution in [0, 0.1) is 17.9 Å². The van der Waals surface area contributed by atoms with Crippen molar-refractivity contribution in [2.24, 2.45) is 11.8 Å². The molecule has 0 fully saturated rings. The SMILES string of the molecule is CCC(CC)C(=O)/C=C(\O)C(CC)CC.C[Si](C)(C)c1cc(-c2cc(-c3ccccc3)ncn2)[c-]c2ccccc12.[Ir]. The summed E-state index contributed by atoms with van der Waals surface area (Å²) in [6.07, 6.45) is 6.55. The molecule has 4 aromatic rings. The second-order valence-corrected chi connectivity index (χ2v) is 16.6. The maximum atomic E-state index is 11.7. The number of aliphatic hydroxyl groups excluding tert-OH is 1. The van der Waals surface area contributed by atoms with Crippen LogP contribution < -0.4 is 5.19 Å². The summed E-state index contributed by atoms with van der Waals surface area (Å²) in [5.74, 6) is 0.547. The zero-order valence-corrected chi connectivity index (χ0v) is 29.5. The van der Waals surface area contributed by atoms with Crippen molar-refractivity contribution in [1.29, 1.82) is 0 Å². The molecule has 0 aliphatic rings. The first-order valence-corrected chi connectivity index (χ1v) is 18.4. The fourth-order valence-corrected chi connectivity index (χ4v) is 6.64. The van der Waals surface area contributed by atoms with Gasteiger partial charge in [0.2, 0.25) is 0 Å². The minimum Gasteiger partial charge on any atom is -0.512 e. The predicted molar refractivity (Wildman–Crippen MR) is 176 cm³/mol. The van der Waals surface area contributed by atoms with Crippen molar-refractivity contribution < 1.29 is 30.0 Å². The summed E-state index contributed by atoms with van der Waals surface area (Å²) in [6, 6.07) is 26.7. The van der Waals surface area contributed by atoms with Crippen molar-refractivity contribution in [2.75, 3.05) is 0 Å². The number of carbonyl (C=O) groups excluding carboxylic acids is 1. The quantitative estimate of drug-likeness (QED) is 0.0759. The Morgan fingerprint density at radius 1 is 0.833 bits per heavy atom. The molecule has 1 heterocycles.